The Morgan fingerprint density at radius 1 is 1.00 bits per heavy atom. The molecule has 0 radical (unpaired) electrons. The van der Waals surface area contributed by atoms with E-state index in [2.05, 4.69) is 34.6 Å². The van der Waals surface area contributed by atoms with Gasteiger partial charge in [0.1, 0.15) is 5.75 Å². The van der Waals surface area contributed by atoms with Crippen molar-refractivity contribution in [2.45, 2.75) is 34.6 Å². The van der Waals surface area contributed by atoms with E-state index >= 15 is 0 Å². The number of phenols is 1. The molecule has 0 spiro atoms. The molecule has 0 fully saturated rings. The zero-order valence-electron chi connectivity index (χ0n) is 12.5. The van der Waals surface area contributed by atoms with Gasteiger partial charge in [-0.25, -0.2) is 0 Å². The number of hydrogen-bond acceptors (Lipinski definition) is 1. The van der Waals surface area contributed by atoms with Crippen molar-refractivity contribution in [3.05, 3.63) is 46.5 Å². The minimum atomic E-state index is -0.826. The maximum atomic E-state index is 10.0. The fourth-order valence-electron chi connectivity index (χ4n) is 2.82. The Kier molecular flexibility index (Phi) is 6.57. The molecule has 1 nitrogen and oxygen atoms in total. The third kappa shape index (κ3) is 3.40. The van der Waals surface area contributed by atoms with Gasteiger partial charge in [-0.2, -0.15) is 0 Å². The van der Waals surface area contributed by atoms with Gasteiger partial charge in [0.15, 0.2) is 0 Å². The van der Waals surface area contributed by atoms with E-state index in [1.165, 1.54) is 22.3 Å². The molecule has 1 aromatic rings. The van der Waals surface area contributed by atoms with Crippen LogP contribution in [0.4, 0.5) is 0 Å². The minimum absolute atomic E-state index is 0.00694. The van der Waals surface area contributed by atoms with E-state index < -0.39 is 20.8 Å². The summed E-state index contributed by atoms with van der Waals surface area (Å²) in [6.07, 6.45) is 0. The molecule has 0 unspecified atom stereocenters. The number of para-hydroxylation sites is 1. The molecule has 0 amide bonds. The quantitative estimate of drug-likeness (QED) is 0.631. The van der Waals surface area contributed by atoms with E-state index in [0.717, 1.165) is 5.56 Å². The van der Waals surface area contributed by atoms with Gasteiger partial charge in [-0.05, 0) is 43.6 Å². The molecule has 1 aliphatic rings. The van der Waals surface area contributed by atoms with Crippen molar-refractivity contribution in [3.63, 3.8) is 0 Å². The fourth-order valence-corrected chi connectivity index (χ4v) is 2.82. The van der Waals surface area contributed by atoms with Crippen LogP contribution in [0.15, 0.2) is 41.0 Å². The second kappa shape index (κ2) is 7.29. The summed E-state index contributed by atoms with van der Waals surface area (Å²) in [7, 11) is 9.87. The monoisotopic (exact) mass is 388 g/mol. The number of halogens is 2. The Balaban J connectivity index is 0.000000612. The second-order valence-electron chi connectivity index (χ2n) is 5.46. The standard InChI is InChI=1S/C16H20O.2ClH.Zr/c1-10-11(2)15(16(4,5)12(10)3)13-8-6-7-9-14(13)17;;;/h6-9,17H,1-5H3;2*1H;/q;;;+2/p-2. The van der Waals surface area contributed by atoms with E-state index in [1.54, 1.807) is 6.07 Å². The summed E-state index contributed by atoms with van der Waals surface area (Å²) in [5.74, 6) is 0.373. The maximum absolute atomic E-state index is 10.0. The van der Waals surface area contributed by atoms with Gasteiger partial charge in [-0.1, -0.05) is 37.6 Å². The van der Waals surface area contributed by atoms with Crippen LogP contribution in [0.2, 0.25) is 0 Å². The molecule has 0 bridgehead atoms. The van der Waals surface area contributed by atoms with Crippen molar-refractivity contribution in [2.75, 3.05) is 0 Å². The van der Waals surface area contributed by atoms with Gasteiger partial charge < -0.3 is 5.11 Å². The van der Waals surface area contributed by atoms with Crippen molar-refractivity contribution in [1.82, 2.24) is 0 Å². The van der Waals surface area contributed by atoms with Gasteiger partial charge in [-0.15, -0.1) is 0 Å². The van der Waals surface area contributed by atoms with Gasteiger partial charge >= 0.3 is 37.9 Å². The summed E-state index contributed by atoms with van der Waals surface area (Å²) in [5, 5.41) is 10.0. The summed E-state index contributed by atoms with van der Waals surface area (Å²) in [5.41, 5.74) is 6.28. The first-order chi connectivity index (χ1) is 9.28. The zero-order chi connectivity index (χ0) is 15.5. The van der Waals surface area contributed by atoms with Crippen LogP contribution >= 0.6 is 17.0 Å². The van der Waals surface area contributed by atoms with Crippen LogP contribution in [0, 0.1) is 5.41 Å². The van der Waals surface area contributed by atoms with Gasteiger partial charge in [0.2, 0.25) is 0 Å². The molecule has 0 aliphatic heterocycles. The van der Waals surface area contributed by atoms with E-state index in [9.17, 15) is 5.11 Å². The van der Waals surface area contributed by atoms with Crippen LogP contribution < -0.4 is 0 Å². The number of benzene rings is 1. The molecule has 0 atom stereocenters. The number of allylic oxidation sites excluding steroid dienone is 4. The van der Waals surface area contributed by atoms with Crippen LogP contribution in [0.3, 0.4) is 0 Å². The summed E-state index contributed by atoms with van der Waals surface area (Å²) >= 11 is -0.826. The summed E-state index contributed by atoms with van der Waals surface area (Å²) in [6, 6.07) is 7.61. The van der Waals surface area contributed by atoms with Crippen LogP contribution in [0.5, 0.6) is 5.75 Å². The van der Waals surface area contributed by atoms with Gasteiger partial charge in [-0.3, -0.25) is 0 Å². The Morgan fingerprint density at radius 2 is 1.50 bits per heavy atom. The Bertz CT molecular complexity index is 559. The normalized spacial score (nSPS) is 16.9. The molecule has 1 aromatic carbocycles. The summed E-state index contributed by atoms with van der Waals surface area (Å²) < 4.78 is 0. The molecule has 0 aromatic heterocycles. The fraction of sp³-hybridized carbons (Fsp3) is 0.375. The van der Waals surface area contributed by atoms with E-state index in [0.29, 0.717) is 5.75 Å². The van der Waals surface area contributed by atoms with Crippen LogP contribution in [0.25, 0.3) is 5.57 Å². The van der Waals surface area contributed by atoms with Gasteiger partial charge in [0, 0.05) is 11.0 Å². The molecule has 4 heteroatoms. The molecular formula is C16H20Cl2OZr. The number of phenolic OH excluding ortho intramolecular Hbond substituents is 1. The average Bonchev–Trinajstić information content (AvgIpc) is 2.53. The first kappa shape index (κ1) is 18.0. The van der Waals surface area contributed by atoms with Crippen LogP contribution in [0.1, 0.15) is 40.2 Å². The predicted octanol–water partition coefficient (Wildman–Crippen LogP) is 5.92. The Hall–Kier alpha value is -0.0369. The predicted molar refractivity (Wildman–Crippen MR) is 84.6 cm³/mol. The topological polar surface area (TPSA) is 20.2 Å². The van der Waals surface area contributed by atoms with E-state index in [4.69, 9.17) is 17.0 Å². The zero-order valence-corrected chi connectivity index (χ0v) is 16.5. The molecule has 1 aliphatic carbocycles. The first-order valence-electron chi connectivity index (χ1n) is 6.43. The summed E-state index contributed by atoms with van der Waals surface area (Å²) in [6.45, 7) is 11.0. The first-order valence-corrected chi connectivity index (χ1v) is 12.8. The molecule has 108 valence electrons. The molecule has 0 saturated carbocycles. The van der Waals surface area contributed by atoms with Crippen LogP contribution in [-0.4, -0.2) is 5.11 Å². The number of rotatable bonds is 1. The molecule has 20 heavy (non-hydrogen) atoms. The Labute approximate surface area is 140 Å². The number of aromatic hydroxyl groups is 1. The van der Waals surface area contributed by atoms with Gasteiger partial charge in [0.25, 0.3) is 0 Å². The second-order valence-corrected chi connectivity index (χ2v) is 9.20. The van der Waals surface area contributed by atoms with Crippen molar-refractivity contribution in [1.29, 1.82) is 0 Å². The number of hydrogen-bond donors (Lipinski definition) is 1. The third-order valence-corrected chi connectivity index (χ3v) is 4.24. The average molecular weight is 390 g/mol. The van der Waals surface area contributed by atoms with E-state index in [1.807, 2.05) is 18.2 Å². The van der Waals surface area contributed by atoms with Crippen LogP contribution in [-0.2, 0) is 20.8 Å². The molecule has 1 N–H and O–H groups in total. The molecule has 0 heterocycles. The molecular weight excluding hydrogens is 370 g/mol. The van der Waals surface area contributed by atoms with Crippen molar-refractivity contribution >= 4 is 22.6 Å². The summed E-state index contributed by atoms with van der Waals surface area (Å²) in [4.78, 5) is 0. The van der Waals surface area contributed by atoms with Crippen molar-refractivity contribution in [2.24, 2.45) is 5.41 Å². The van der Waals surface area contributed by atoms with Gasteiger partial charge in [0.05, 0.1) is 0 Å². The Morgan fingerprint density at radius 3 is 1.90 bits per heavy atom. The van der Waals surface area contributed by atoms with Crippen molar-refractivity contribution < 1.29 is 26.0 Å². The molecule has 2 rings (SSSR count). The van der Waals surface area contributed by atoms with E-state index in [-0.39, 0.29) is 5.41 Å². The third-order valence-electron chi connectivity index (χ3n) is 4.24. The van der Waals surface area contributed by atoms with Crippen molar-refractivity contribution in [3.8, 4) is 5.75 Å². The molecule has 0 saturated heterocycles. The SMILES string of the molecule is CC1=C(C)C(C)(C)C(c2ccccc2O)=C1C.[Cl][Zr][Cl].